The van der Waals surface area contributed by atoms with E-state index in [0.29, 0.717) is 31.7 Å². The number of piperidine rings is 1. The number of methoxy groups -OCH3 is 2. The van der Waals surface area contributed by atoms with Crippen molar-refractivity contribution < 1.29 is 19.0 Å². The monoisotopic (exact) mass is 404 g/mol. The molecule has 0 bridgehead atoms. The van der Waals surface area contributed by atoms with Crippen molar-refractivity contribution in [3.63, 3.8) is 0 Å². The summed E-state index contributed by atoms with van der Waals surface area (Å²) in [5.74, 6) is 1.28. The zero-order valence-corrected chi connectivity index (χ0v) is 18.0. The fourth-order valence-electron chi connectivity index (χ4n) is 3.98. The lowest BCUT2D eigenvalue weighted by atomic mass is 9.97. The minimum absolute atomic E-state index is 0.117. The lowest BCUT2D eigenvalue weighted by molar-refractivity contribution is -0.137. The van der Waals surface area contributed by atoms with Crippen molar-refractivity contribution in [2.45, 2.75) is 51.1 Å². The number of ether oxygens (including phenoxy) is 3. The maximum absolute atomic E-state index is 13.2. The molecule has 6 heteroatoms. The molecule has 2 fully saturated rings. The van der Waals surface area contributed by atoms with Crippen LogP contribution in [0.15, 0.2) is 18.2 Å². The highest BCUT2D eigenvalue weighted by Gasteiger charge is 2.36. The molecule has 1 atom stereocenters. The van der Waals surface area contributed by atoms with Crippen LogP contribution in [0.25, 0.3) is 0 Å². The topological polar surface area (TPSA) is 60.0 Å². The minimum atomic E-state index is 0.117. The van der Waals surface area contributed by atoms with Crippen molar-refractivity contribution >= 4 is 5.91 Å². The second kappa shape index (κ2) is 11.5. The van der Waals surface area contributed by atoms with Crippen LogP contribution in [0, 0.1) is 5.92 Å². The molecule has 3 rings (SSSR count). The number of hydrogen-bond donors (Lipinski definition) is 1. The van der Waals surface area contributed by atoms with Gasteiger partial charge >= 0.3 is 0 Å². The molecule has 0 radical (unpaired) electrons. The Hall–Kier alpha value is -1.63. The Balaban J connectivity index is 1.71. The zero-order valence-electron chi connectivity index (χ0n) is 18.0. The second-order valence-electron chi connectivity index (χ2n) is 8.16. The molecule has 1 aliphatic carbocycles. The standard InChI is InChI=1S/C23H36N2O4/c1-27-10-4-5-18-13-19(15-22(14-18)29-12-11-28-2)17-25(21-7-8-21)23(26)20-6-3-9-24-16-20/h13-15,20-21,24H,3-12,16-17H2,1-2H3/t20-/m1/s1. The number of amides is 1. The fourth-order valence-corrected chi connectivity index (χ4v) is 3.98. The third-order valence-corrected chi connectivity index (χ3v) is 5.67. The van der Waals surface area contributed by atoms with E-state index >= 15 is 0 Å². The van der Waals surface area contributed by atoms with Crippen LogP contribution in [-0.2, 0) is 27.2 Å². The van der Waals surface area contributed by atoms with Gasteiger partial charge in [0.2, 0.25) is 5.91 Å². The molecule has 0 unspecified atom stereocenters. The summed E-state index contributed by atoms with van der Waals surface area (Å²) in [7, 11) is 3.41. The predicted molar refractivity (Wildman–Crippen MR) is 113 cm³/mol. The molecule has 1 aromatic rings. The number of nitrogens with one attached hydrogen (secondary N) is 1. The zero-order chi connectivity index (χ0) is 20.5. The van der Waals surface area contributed by atoms with Crippen molar-refractivity contribution in [2.24, 2.45) is 5.92 Å². The number of carbonyl (C=O) groups excluding carboxylic acids is 1. The molecule has 162 valence electrons. The molecule has 29 heavy (non-hydrogen) atoms. The largest absolute Gasteiger partial charge is 0.491 e. The molecule has 0 spiro atoms. The van der Waals surface area contributed by atoms with E-state index in [1.807, 2.05) is 0 Å². The summed E-state index contributed by atoms with van der Waals surface area (Å²) in [5.41, 5.74) is 2.38. The predicted octanol–water partition coefficient (Wildman–Crippen LogP) is 2.78. The van der Waals surface area contributed by atoms with Crippen LogP contribution >= 0.6 is 0 Å². The van der Waals surface area contributed by atoms with Gasteiger partial charge < -0.3 is 24.4 Å². The van der Waals surface area contributed by atoms with Crippen molar-refractivity contribution in [2.75, 3.05) is 47.1 Å². The van der Waals surface area contributed by atoms with E-state index in [1.54, 1.807) is 14.2 Å². The molecular formula is C23H36N2O4. The number of carbonyl (C=O) groups is 1. The van der Waals surface area contributed by atoms with E-state index in [0.717, 1.165) is 69.5 Å². The maximum Gasteiger partial charge on any atom is 0.227 e. The van der Waals surface area contributed by atoms with Crippen LogP contribution in [0.2, 0.25) is 0 Å². The van der Waals surface area contributed by atoms with Crippen LogP contribution < -0.4 is 10.1 Å². The summed E-state index contributed by atoms with van der Waals surface area (Å²) >= 11 is 0. The SMILES string of the molecule is COCCCc1cc(CN(C(=O)[C@@H]2CCCNC2)C2CC2)cc(OCCOC)c1. The van der Waals surface area contributed by atoms with Gasteiger partial charge in [-0.2, -0.15) is 0 Å². The van der Waals surface area contributed by atoms with Crippen LogP contribution in [0.1, 0.15) is 43.2 Å². The third kappa shape index (κ3) is 6.98. The van der Waals surface area contributed by atoms with Gasteiger partial charge in [0.1, 0.15) is 12.4 Å². The van der Waals surface area contributed by atoms with Gasteiger partial charge in [-0.15, -0.1) is 0 Å². The summed E-state index contributed by atoms with van der Waals surface area (Å²) in [6.45, 7) is 4.33. The number of aryl methyl sites for hydroxylation is 1. The van der Waals surface area contributed by atoms with E-state index in [1.165, 1.54) is 5.56 Å². The third-order valence-electron chi connectivity index (χ3n) is 5.67. The van der Waals surface area contributed by atoms with E-state index in [4.69, 9.17) is 14.2 Å². The molecule has 6 nitrogen and oxygen atoms in total. The Kier molecular flexibility index (Phi) is 8.77. The Morgan fingerprint density at radius 2 is 1.86 bits per heavy atom. The quantitative estimate of drug-likeness (QED) is 0.543. The first-order chi connectivity index (χ1) is 14.2. The van der Waals surface area contributed by atoms with Gasteiger partial charge in [0, 0.05) is 40.0 Å². The summed E-state index contributed by atoms with van der Waals surface area (Å²) in [5, 5.41) is 3.38. The Morgan fingerprint density at radius 3 is 2.55 bits per heavy atom. The van der Waals surface area contributed by atoms with Gasteiger partial charge in [-0.05, 0) is 68.3 Å². The number of rotatable bonds is 12. The van der Waals surface area contributed by atoms with Crippen molar-refractivity contribution in [3.05, 3.63) is 29.3 Å². The summed E-state index contributed by atoms with van der Waals surface area (Å²) in [4.78, 5) is 15.3. The van der Waals surface area contributed by atoms with Gasteiger partial charge in [0.15, 0.2) is 0 Å². The average Bonchev–Trinajstić information content (AvgIpc) is 3.58. The van der Waals surface area contributed by atoms with Gasteiger partial charge in [-0.25, -0.2) is 0 Å². The second-order valence-corrected chi connectivity index (χ2v) is 8.16. The van der Waals surface area contributed by atoms with Gasteiger partial charge in [-0.3, -0.25) is 4.79 Å². The lowest BCUT2D eigenvalue weighted by Crippen LogP contribution is -2.43. The first-order valence-corrected chi connectivity index (χ1v) is 11.0. The van der Waals surface area contributed by atoms with E-state index in [9.17, 15) is 4.79 Å². The number of benzene rings is 1. The molecule has 1 saturated heterocycles. The highest BCUT2D eigenvalue weighted by molar-refractivity contribution is 5.80. The van der Waals surface area contributed by atoms with E-state index in [2.05, 4.69) is 28.4 Å². The normalized spacial score (nSPS) is 19.2. The lowest BCUT2D eigenvalue weighted by Gasteiger charge is -2.30. The molecule has 1 N–H and O–H groups in total. The molecule has 1 saturated carbocycles. The first kappa shape index (κ1) is 22.1. The fraction of sp³-hybridized carbons (Fsp3) is 0.696. The van der Waals surface area contributed by atoms with Gasteiger partial charge in [-0.1, -0.05) is 6.07 Å². The highest BCUT2D eigenvalue weighted by Crippen LogP contribution is 2.31. The summed E-state index contributed by atoms with van der Waals surface area (Å²) in [6.07, 6.45) is 6.23. The summed E-state index contributed by atoms with van der Waals surface area (Å²) in [6, 6.07) is 6.81. The average molecular weight is 405 g/mol. The van der Waals surface area contributed by atoms with Crippen molar-refractivity contribution in [1.29, 1.82) is 0 Å². The minimum Gasteiger partial charge on any atom is -0.491 e. The van der Waals surface area contributed by atoms with Crippen molar-refractivity contribution in [1.82, 2.24) is 10.2 Å². The Bertz CT molecular complexity index is 614. The maximum atomic E-state index is 13.2. The van der Waals surface area contributed by atoms with Gasteiger partial charge in [0.25, 0.3) is 0 Å². The van der Waals surface area contributed by atoms with Crippen LogP contribution in [-0.4, -0.2) is 64.0 Å². The molecule has 1 aliphatic heterocycles. The molecular weight excluding hydrogens is 368 g/mol. The molecule has 1 aromatic carbocycles. The number of nitrogens with zero attached hydrogens (tertiary/aromatic N) is 1. The number of hydrogen-bond acceptors (Lipinski definition) is 5. The smallest absolute Gasteiger partial charge is 0.227 e. The molecule has 2 aliphatic rings. The van der Waals surface area contributed by atoms with E-state index in [-0.39, 0.29) is 5.92 Å². The molecule has 1 heterocycles. The Labute approximate surface area is 174 Å². The first-order valence-electron chi connectivity index (χ1n) is 11.0. The van der Waals surface area contributed by atoms with Crippen molar-refractivity contribution in [3.8, 4) is 5.75 Å². The van der Waals surface area contributed by atoms with Crippen LogP contribution in [0.3, 0.4) is 0 Å². The highest BCUT2D eigenvalue weighted by atomic mass is 16.5. The summed E-state index contributed by atoms with van der Waals surface area (Å²) < 4.78 is 16.2. The molecule has 0 aromatic heterocycles. The van der Waals surface area contributed by atoms with E-state index < -0.39 is 0 Å². The van der Waals surface area contributed by atoms with Gasteiger partial charge in [0.05, 0.1) is 12.5 Å². The van der Waals surface area contributed by atoms with Crippen LogP contribution in [0.5, 0.6) is 5.75 Å². The Morgan fingerprint density at radius 1 is 1.07 bits per heavy atom. The molecule has 1 amide bonds. The van der Waals surface area contributed by atoms with Crippen LogP contribution in [0.4, 0.5) is 0 Å².